The fraction of sp³-hybridized carbons (Fsp3) is 0.233. The molecule has 0 N–H and O–H groups in total. The van der Waals surface area contributed by atoms with E-state index >= 15 is 0 Å². The molecule has 4 aromatic rings. The van der Waals surface area contributed by atoms with Gasteiger partial charge in [0, 0.05) is 29.9 Å². The Balaban J connectivity index is 1.48. The number of nitrogens with zero attached hydrogens (tertiary/aromatic N) is 1. The number of ether oxygens (including phenoxy) is 3. The van der Waals surface area contributed by atoms with Crippen molar-refractivity contribution in [3.8, 4) is 11.5 Å². The van der Waals surface area contributed by atoms with Crippen LogP contribution in [0.5, 0.6) is 11.5 Å². The van der Waals surface area contributed by atoms with Gasteiger partial charge in [0.05, 0.1) is 16.7 Å². The van der Waals surface area contributed by atoms with E-state index in [2.05, 4.69) is 9.72 Å². The highest BCUT2D eigenvalue weighted by molar-refractivity contribution is 7.12. The molecule has 5 rings (SSSR count). The Morgan fingerprint density at radius 1 is 1.00 bits per heavy atom. The van der Waals surface area contributed by atoms with Crippen LogP contribution in [0.15, 0.2) is 72.4 Å². The highest BCUT2D eigenvalue weighted by Crippen LogP contribution is 2.38. The Labute approximate surface area is 248 Å². The van der Waals surface area contributed by atoms with Crippen LogP contribution in [-0.2, 0) is 11.2 Å². The molecule has 0 amide bonds. The summed E-state index contributed by atoms with van der Waals surface area (Å²) in [5.74, 6) is -0.749. The van der Waals surface area contributed by atoms with Gasteiger partial charge < -0.3 is 14.2 Å². The first-order valence-electron chi connectivity index (χ1n) is 12.7. The van der Waals surface area contributed by atoms with Crippen molar-refractivity contribution in [2.75, 3.05) is 6.61 Å². The Morgan fingerprint density at radius 3 is 2.41 bits per heavy atom. The molecule has 0 aliphatic heterocycles. The zero-order chi connectivity index (χ0) is 28.9. The Hall–Kier alpha value is -3.53. The topological polar surface area (TPSA) is 74.7 Å². The number of halogens is 4. The van der Waals surface area contributed by atoms with Crippen LogP contribution in [-0.4, -0.2) is 30.0 Å². The van der Waals surface area contributed by atoms with Gasteiger partial charge in [0.25, 0.3) is 0 Å². The molecule has 2 heterocycles. The molecule has 212 valence electrons. The molecule has 6 nitrogen and oxygen atoms in total. The molecule has 1 saturated carbocycles. The molecule has 0 spiro atoms. The lowest BCUT2D eigenvalue weighted by Crippen LogP contribution is -2.16. The summed E-state index contributed by atoms with van der Waals surface area (Å²) in [7, 11) is 0. The quantitative estimate of drug-likeness (QED) is 0.118. The van der Waals surface area contributed by atoms with E-state index in [4.69, 9.17) is 32.7 Å². The predicted octanol–water partition coefficient (Wildman–Crippen LogP) is 8.21. The zero-order valence-electron chi connectivity index (χ0n) is 21.4. The minimum atomic E-state index is -3.05. The molecule has 1 fully saturated rings. The van der Waals surface area contributed by atoms with Gasteiger partial charge in [-0.15, -0.1) is 11.3 Å². The van der Waals surface area contributed by atoms with Crippen molar-refractivity contribution in [2.24, 2.45) is 5.92 Å². The number of ketones is 1. The third-order valence-corrected chi connectivity index (χ3v) is 8.00. The highest BCUT2D eigenvalue weighted by Gasteiger charge is 2.28. The van der Waals surface area contributed by atoms with Crippen LogP contribution in [0.1, 0.15) is 55.7 Å². The summed E-state index contributed by atoms with van der Waals surface area (Å²) in [6.45, 7) is -2.71. The van der Waals surface area contributed by atoms with E-state index in [1.54, 1.807) is 41.8 Å². The lowest BCUT2D eigenvalue weighted by Gasteiger charge is -2.21. The van der Waals surface area contributed by atoms with Crippen molar-refractivity contribution >= 4 is 46.3 Å². The van der Waals surface area contributed by atoms with Crippen LogP contribution < -0.4 is 9.47 Å². The van der Waals surface area contributed by atoms with Gasteiger partial charge in [-0.05, 0) is 53.5 Å². The number of benzene rings is 2. The number of carbonyl (C=O) groups excluding carboxylic acids is 2. The maximum Gasteiger partial charge on any atom is 0.387 e. The summed E-state index contributed by atoms with van der Waals surface area (Å²) in [5, 5.41) is 2.16. The molecular formula is C30H23Cl2F2NO5S. The molecular weight excluding hydrogens is 595 g/mol. The number of hydrogen-bond acceptors (Lipinski definition) is 7. The van der Waals surface area contributed by atoms with Crippen LogP contribution in [0, 0.1) is 5.92 Å². The fourth-order valence-corrected chi connectivity index (χ4v) is 5.43. The van der Waals surface area contributed by atoms with Crippen LogP contribution in [0.2, 0.25) is 10.0 Å². The van der Waals surface area contributed by atoms with Gasteiger partial charge in [0.15, 0.2) is 17.3 Å². The lowest BCUT2D eigenvalue weighted by atomic mass is 10.0. The normalized spacial score (nSPS) is 13.6. The lowest BCUT2D eigenvalue weighted by molar-refractivity contribution is -0.0515. The van der Waals surface area contributed by atoms with Crippen LogP contribution in [0.25, 0.3) is 0 Å². The summed E-state index contributed by atoms with van der Waals surface area (Å²) in [6.07, 6.45) is 3.88. The van der Waals surface area contributed by atoms with Crippen molar-refractivity contribution in [1.29, 1.82) is 0 Å². The Bertz CT molecular complexity index is 1520. The second-order valence-corrected chi connectivity index (χ2v) is 11.1. The van der Waals surface area contributed by atoms with Crippen molar-refractivity contribution in [1.82, 2.24) is 4.98 Å². The largest absolute Gasteiger partial charge is 0.489 e. The van der Waals surface area contributed by atoms with E-state index in [0.717, 1.165) is 24.2 Å². The first kappa shape index (κ1) is 29.0. The molecule has 0 saturated heterocycles. The summed E-state index contributed by atoms with van der Waals surface area (Å²) >= 11 is 13.8. The number of thiophene rings is 1. The molecule has 2 aromatic heterocycles. The number of aromatic nitrogens is 1. The molecule has 0 unspecified atom stereocenters. The number of alkyl halides is 2. The van der Waals surface area contributed by atoms with Gasteiger partial charge in [-0.1, -0.05) is 59.6 Å². The molecule has 11 heteroatoms. The molecule has 1 aliphatic carbocycles. The third kappa shape index (κ3) is 7.22. The summed E-state index contributed by atoms with van der Waals surface area (Å²) in [5.41, 5.74) is 1.54. The van der Waals surface area contributed by atoms with E-state index in [0.29, 0.717) is 29.2 Å². The summed E-state index contributed by atoms with van der Waals surface area (Å²) < 4.78 is 42.6. The van der Waals surface area contributed by atoms with Crippen LogP contribution in [0.4, 0.5) is 8.78 Å². The molecule has 1 aliphatic rings. The smallest absolute Gasteiger partial charge is 0.387 e. The number of hydrogen-bond donors (Lipinski definition) is 0. The maximum absolute atomic E-state index is 13.5. The molecule has 1 atom stereocenters. The van der Waals surface area contributed by atoms with Gasteiger partial charge in [-0.25, -0.2) is 4.79 Å². The van der Waals surface area contributed by atoms with Gasteiger partial charge in [0.1, 0.15) is 11.0 Å². The first-order chi connectivity index (χ1) is 19.8. The fourth-order valence-electron chi connectivity index (χ4n) is 4.14. The number of rotatable bonds is 12. The standard InChI is InChI=1S/C30H23Cl2F2NO5S/c31-22-14-35-15-23(32)21(22)13-25(19-8-9-24(40-30(33)34)26(12-19)38-16-17-6-7-17)39-29(37)28-20(10-11-41-28)27(36)18-4-2-1-3-5-18/h1-5,8-12,14-15,17,25,30H,6-7,13,16H2/t25-/m0/s1. The van der Waals surface area contributed by atoms with E-state index in [-0.39, 0.29) is 44.2 Å². The third-order valence-electron chi connectivity index (χ3n) is 6.45. The molecule has 0 radical (unpaired) electrons. The predicted molar refractivity (Wildman–Crippen MR) is 152 cm³/mol. The van der Waals surface area contributed by atoms with Gasteiger partial charge in [0.2, 0.25) is 0 Å². The molecule has 41 heavy (non-hydrogen) atoms. The molecule has 0 bridgehead atoms. The van der Waals surface area contributed by atoms with Crippen molar-refractivity contribution < 1.29 is 32.6 Å². The molecule has 2 aromatic carbocycles. The van der Waals surface area contributed by atoms with Crippen molar-refractivity contribution in [2.45, 2.75) is 32.0 Å². The second kappa shape index (κ2) is 13.0. The minimum absolute atomic E-state index is 0.0381. The minimum Gasteiger partial charge on any atom is -0.489 e. The Morgan fingerprint density at radius 2 is 1.73 bits per heavy atom. The highest BCUT2D eigenvalue weighted by atomic mass is 35.5. The number of esters is 1. The first-order valence-corrected chi connectivity index (χ1v) is 14.3. The summed E-state index contributed by atoms with van der Waals surface area (Å²) in [4.78, 5) is 30.8. The van der Waals surface area contributed by atoms with Crippen LogP contribution in [0.3, 0.4) is 0 Å². The average molecular weight is 618 g/mol. The van der Waals surface area contributed by atoms with E-state index in [1.807, 2.05) is 0 Å². The van der Waals surface area contributed by atoms with Gasteiger partial charge >= 0.3 is 12.6 Å². The van der Waals surface area contributed by atoms with Crippen molar-refractivity contribution in [3.63, 3.8) is 0 Å². The van der Waals surface area contributed by atoms with Gasteiger partial charge in [-0.2, -0.15) is 8.78 Å². The number of pyridine rings is 1. The van der Waals surface area contributed by atoms with E-state index < -0.39 is 18.7 Å². The van der Waals surface area contributed by atoms with Crippen molar-refractivity contribution in [3.05, 3.63) is 110 Å². The Kier molecular flexibility index (Phi) is 9.17. The second-order valence-electron chi connectivity index (χ2n) is 9.38. The SMILES string of the molecule is O=C(c1ccccc1)c1ccsc1C(=O)O[C@@H](Cc1c(Cl)cncc1Cl)c1ccc(OC(F)F)c(OCC2CC2)c1. The van der Waals surface area contributed by atoms with E-state index in [9.17, 15) is 18.4 Å². The van der Waals surface area contributed by atoms with Gasteiger partial charge in [-0.3, -0.25) is 9.78 Å². The van der Waals surface area contributed by atoms with Crippen LogP contribution >= 0.6 is 34.5 Å². The monoisotopic (exact) mass is 617 g/mol. The summed E-state index contributed by atoms with van der Waals surface area (Å²) in [6, 6.07) is 14.5. The van der Waals surface area contributed by atoms with E-state index in [1.165, 1.54) is 30.6 Å². The number of carbonyl (C=O) groups is 2. The zero-order valence-corrected chi connectivity index (χ0v) is 23.7. The maximum atomic E-state index is 13.5. The average Bonchev–Trinajstić information content (AvgIpc) is 3.66.